The fourth-order valence-corrected chi connectivity index (χ4v) is 6.26. The van der Waals surface area contributed by atoms with Crippen molar-refractivity contribution >= 4 is 21.8 Å². The SMILES string of the molecule is CC1=C(CCNC2COc3cc(O)c(N4CC(=O)NS4(=O)=O)c(F)c3C2)C(C)(C)CCC1. The highest BCUT2D eigenvalue weighted by atomic mass is 32.2. The van der Waals surface area contributed by atoms with Crippen LogP contribution in [-0.4, -0.2) is 45.2 Å². The molecule has 2 heterocycles. The smallest absolute Gasteiger partial charge is 0.326 e. The monoisotopic (exact) mass is 467 g/mol. The molecule has 0 aromatic heterocycles. The lowest BCUT2D eigenvalue weighted by Gasteiger charge is -2.35. The lowest BCUT2D eigenvalue weighted by atomic mass is 9.71. The Morgan fingerprint density at radius 3 is 2.81 bits per heavy atom. The van der Waals surface area contributed by atoms with E-state index in [0.29, 0.717) is 10.9 Å². The average Bonchev–Trinajstić information content (AvgIpc) is 2.96. The van der Waals surface area contributed by atoms with Crippen molar-refractivity contribution in [3.8, 4) is 11.5 Å². The van der Waals surface area contributed by atoms with Crippen molar-refractivity contribution in [1.82, 2.24) is 10.0 Å². The number of aromatic hydroxyl groups is 1. The molecule has 1 saturated heterocycles. The zero-order valence-electron chi connectivity index (χ0n) is 18.6. The molecule has 0 spiro atoms. The summed E-state index contributed by atoms with van der Waals surface area (Å²) in [5, 5.41) is 13.7. The Morgan fingerprint density at radius 1 is 1.41 bits per heavy atom. The van der Waals surface area contributed by atoms with Crippen molar-refractivity contribution in [3.63, 3.8) is 0 Å². The molecule has 10 heteroatoms. The number of carbonyl (C=O) groups excluding carboxylic acids is 1. The first-order valence-electron chi connectivity index (χ1n) is 10.9. The molecule has 1 unspecified atom stereocenters. The Labute approximate surface area is 188 Å². The lowest BCUT2D eigenvalue weighted by Crippen LogP contribution is -2.41. The van der Waals surface area contributed by atoms with Crippen molar-refractivity contribution in [2.75, 3.05) is 24.0 Å². The second-order valence-electron chi connectivity index (χ2n) is 9.48. The number of fused-ring (bicyclic) bond motifs is 1. The van der Waals surface area contributed by atoms with Crippen molar-refractivity contribution in [3.05, 3.63) is 28.6 Å². The second-order valence-corrected chi connectivity index (χ2v) is 11.1. The van der Waals surface area contributed by atoms with Crippen LogP contribution in [0, 0.1) is 11.2 Å². The van der Waals surface area contributed by atoms with E-state index in [1.807, 2.05) is 0 Å². The van der Waals surface area contributed by atoms with Crippen LogP contribution in [0.5, 0.6) is 11.5 Å². The van der Waals surface area contributed by atoms with Gasteiger partial charge < -0.3 is 15.2 Å². The molecule has 1 aromatic carbocycles. The number of nitrogens with zero attached hydrogens (tertiary/aromatic N) is 1. The van der Waals surface area contributed by atoms with E-state index in [4.69, 9.17) is 4.74 Å². The van der Waals surface area contributed by atoms with Gasteiger partial charge in [0.15, 0.2) is 5.82 Å². The second kappa shape index (κ2) is 8.22. The Morgan fingerprint density at radius 2 is 2.16 bits per heavy atom. The summed E-state index contributed by atoms with van der Waals surface area (Å²) in [4.78, 5) is 11.5. The molecule has 1 atom stereocenters. The maximum absolute atomic E-state index is 15.4. The minimum atomic E-state index is -4.25. The number of anilines is 1. The third-order valence-electron chi connectivity index (χ3n) is 6.73. The molecule has 1 aromatic rings. The van der Waals surface area contributed by atoms with Gasteiger partial charge in [0.2, 0.25) is 0 Å². The van der Waals surface area contributed by atoms with Gasteiger partial charge in [-0.1, -0.05) is 25.0 Å². The van der Waals surface area contributed by atoms with Crippen LogP contribution < -0.4 is 19.1 Å². The first-order chi connectivity index (χ1) is 15.0. The number of hydrogen-bond donors (Lipinski definition) is 3. The number of amides is 1. The minimum Gasteiger partial charge on any atom is -0.505 e. The molecule has 3 N–H and O–H groups in total. The topological polar surface area (TPSA) is 108 Å². The number of halogens is 1. The minimum absolute atomic E-state index is 0.156. The molecule has 0 radical (unpaired) electrons. The van der Waals surface area contributed by atoms with Gasteiger partial charge in [-0.15, -0.1) is 0 Å². The molecule has 4 rings (SSSR count). The predicted molar refractivity (Wildman–Crippen MR) is 118 cm³/mol. The van der Waals surface area contributed by atoms with Gasteiger partial charge >= 0.3 is 10.2 Å². The van der Waals surface area contributed by atoms with Gasteiger partial charge in [0.05, 0.1) is 0 Å². The van der Waals surface area contributed by atoms with Gasteiger partial charge in [-0.05, 0) is 51.0 Å². The Bertz CT molecular complexity index is 1080. The third-order valence-corrected chi connectivity index (χ3v) is 8.11. The molecule has 176 valence electrons. The number of ether oxygens (including phenoxy) is 1. The van der Waals surface area contributed by atoms with Crippen molar-refractivity contribution in [1.29, 1.82) is 0 Å². The number of benzene rings is 1. The normalized spacial score (nSPS) is 24.2. The van der Waals surface area contributed by atoms with E-state index in [1.165, 1.54) is 30.1 Å². The molecule has 1 aliphatic carbocycles. The molecule has 1 amide bonds. The molecule has 32 heavy (non-hydrogen) atoms. The van der Waals surface area contributed by atoms with Crippen LogP contribution in [0.4, 0.5) is 10.1 Å². The number of phenols is 1. The summed E-state index contributed by atoms with van der Waals surface area (Å²) in [6, 6.07) is 1.05. The predicted octanol–water partition coefficient (Wildman–Crippen LogP) is 2.52. The van der Waals surface area contributed by atoms with Gasteiger partial charge in [-0.25, -0.2) is 13.4 Å². The Hall–Kier alpha value is -2.33. The van der Waals surface area contributed by atoms with Crippen molar-refractivity contribution in [2.45, 2.75) is 58.9 Å². The molecular formula is C22H30FN3O5S. The van der Waals surface area contributed by atoms with E-state index in [2.05, 4.69) is 26.1 Å². The number of hydrogen-bond acceptors (Lipinski definition) is 6. The van der Waals surface area contributed by atoms with Crippen LogP contribution in [0.25, 0.3) is 0 Å². The zero-order valence-corrected chi connectivity index (χ0v) is 19.4. The number of carbonyl (C=O) groups is 1. The summed E-state index contributed by atoms with van der Waals surface area (Å²) < 4.78 is 47.7. The quantitative estimate of drug-likeness (QED) is 0.575. The van der Waals surface area contributed by atoms with Gasteiger partial charge in [0.25, 0.3) is 5.91 Å². The van der Waals surface area contributed by atoms with E-state index in [-0.39, 0.29) is 29.2 Å². The highest BCUT2D eigenvalue weighted by Crippen LogP contribution is 2.43. The van der Waals surface area contributed by atoms with E-state index >= 15 is 4.39 Å². The maximum atomic E-state index is 15.4. The van der Waals surface area contributed by atoms with Crippen LogP contribution in [0.15, 0.2) is 17.2 Å². The van der Waals surface area contributed by atoms with Crippen LogP contribution in [0.3, 0.4) is 0 Å². The fraction of sp³-hybridized carbons (Fsp3) is 0.591. The summed E-state index contributed by atoms with van der Waals surface area (Å²) in [5.41, 5.74) is 2.77. The molecule has 0 saturated carbocycles. The van der Waals surface area contributed by atoms with Gasteiger partial charge in [-0.3, -0.25) is 4.79 Å². The lowest BCUT2D eigenvalue weighted by molar-refractivity contribution is -0.117. The third kappa shape index (κ3) is 4.17. The Kier molecular flexibility index (Phi) is 5.87. The fourth-order valence-electron chi connectivity index (χ4n) is 5.10. The standard InChI is InChI=1S/C22H30FN3O5S/c1-13-5-4-7-22(2,3)16(13)6-8-24-14-9-15-18(31-12-14)10-17(27)21(20(15)23)26-11-19(28)25-32(26,29)30/h10,14,24,27H,4-9,11-12H2,1-3H3,(H,25,28). The van der Waals surface area contributed by atoms with Crippen molar-refractivity contribution in [2.24, 2.45) is 5.41 Å². The molecular weight excluding hydrogens is 437 g/mol. The first kappa shape index (κ1) is 22.8. The van der Waals surface area contributed by atoms with E-state index < -0.39 is 39.9 Å². The average molecular weight is 468 g/mol. The molecule has 8 nitrogen and oxygen atoms in total. The van der Waals surface area contributed by atoms with Crippen LogP contribution in [0.1, 0.15) is 52.0 Å². The van der Waals surface area contributed by atoms with Crippen molar-refractivity contribution < 1.29 is 27.4 Å². The van der Waals surface area contributed by atoms with Gasteiger partial charge in [-0.2, -0.15) is 8.42 Å². The highest BCUT2D eigenvalue weighted by Gasteiger charge is 2.39. The molecule has 2 aliphatic heterocycles. The zero-order chi connectivity index (χ0) is 23.3. The van der Waals surface area contributed by atoms with Gasteiger partial charge in [0, 0.05) is 17.7 Å². The summed E-state index contributed by atoms with van der Waals surface area (Å²) in [5.74, 6) is -2.08. The highest BCUT2D eigenvalue weighted by molar-refractivity contribution is 7.92. The van der Waals surface area contributed by atoms with Gasteiger partial charge in [0.1, 0.15) is 30.3 Å². The molecule has 1 fully saturated rings. The van der Waals surface area contributed by atoms with E-state index in [9.17, 15) is 18.3 Å². The first-order valence-corrected chi connectivity index (χ1v) is 12.4. The number of rotatable bonds is 5. The van der Waals surface area contributed by atoms with Crippen LogP contribution in [0.2, 0.25) is 0 Å². The largest absolute Gasteiger partial charge is 0.505 e. The van der Waals surface area contributed by atoms with E-state index in [1.54, 1.807) is 4.72 Å². The number of nitrogens with one attached hydrogen (secondary N) is 2. The van der Waals surface area contributed by atoms with Crippen LogP contribution >= 0.6 is 0 Å². The number of phenolic OH excluding ortho intramolecular Hbond substituents is 1. The maximum Gasteiger partial charge on any atom is 0.326 e. The summed E-state index contributed by atoms with van der Waals surface area (Å²) in [7, 11) is -4.25. The van der Waals surface area contributed by atoms with Crippen LogP contribution in [-0.2, 0) is 21.4 Å². The summed E-state index contributed by atoms with van der Waals surface area (Å²) in [6.45, 7) is 7.21. The van der Waals surface area contributed by atoms with E-state index in [0.717, 1.165) is 19.4 Å². The summed E-state index contributed by atoms with van der Waals surface area (Å²) in [6.07, 6.45) is 4.71. The molecule has 3 aliphatic rings. The summed E-state index contributed by atoms with van der Waals surface area (Å²) >= 11 is 0. The number of allylic oxidation sites excluding steroid dienone is 1. The Balaban J connectivity index is 1.50. The molecule has 0 bridgehead atoms.